The first-order valence-electron chi connectivity index (χ1n) is 5.21. The van der Waals surface area contributed by atoms with E-state index >= 15 is 0 Å². The molecule has 0 amide bonds. The van der Waals surface area contributed by atoms with Crippen LogP contribution in [-0.4, -0.2) is 15.6 Å². The second kappa shape index (κ2) is 4.91. The standard InChI is InChI=1S/C12H18N2O/c1-9(2)7-12(15)8-11-5-6-14(13-11)10(3)4/h5-7,10H,8H2,1-4H3. The lowest BCUT2D eigenvalue weighted by molar-refractivity contribution is -0.114. The Morgan fingerprint density at radius 2 is 2.20 bits per heavy atom. The van der Waals surface area contributed by atoms with Gasteiger partial charge in [0.2, 0.25) is 0 Å². The zero-order valence-corrected chi connectivity index (χ0v) is 9.82. The molecule has 0 saturated heterocycles. The number of rotatable bonds is 4. The van der Waals surface area contributed by atoms with E-state index in [1.54, 1.807) is 6.08 Å². The number of ketones is 1. The SMILES string of the molecule is CC(C)=CC(=O)Cc1ccn(C(C)C)n1. The van der Waals surface area contributed by atoms with E-state index in [9.17, 15) is 4.79 Å². The summed E-state index contributed by atoms with van der Waals surface area (Å²) in [6, 6.07) is 2.24. The third-order valence-corrected chi connectivity index (χ3v) is 2.00. The van der Waals surface area contributed by atoms with E-state index < -0.39 is 0 Å². The Balaban J connectivity index is 2.65. The molecule has 0 aliphatic carbocycles. The molecule has 0 fully saturated rings. The molecule has 1 aromatic heterocycles. The van der Waals surface area contributed by atoms with Gasteiger partial charge in [-0.25, -0.2) is 0 Å². The first kappa shape index (κ1) is 11.7. The molecule has 0 aliphatic rings. The van der Waals surface area contributed by atoms with E-state index in [4.69, 9.17) is 0 Å². The van der Waals surface area contributed by atoms with Gasteiger partial charge in [0.15, 0.2) is 5.78 Å². The predicted octanol–water partition coefficient (Wildman–Crippen LogP) is 2.54. The second-order valence-electron chi connectivity index (χ2n) is 4.25. The van der Waals surface area contributed by atoms with Crippen LogP contribution in [0, 0.1) is 0 Å². The molecule has 3 heteroatoms. The minimum atomic E-state index is 0.115. The highest BCUT2D eigenvalue weighted by Gasteiger charge is 2.05. The van der Waals surface area contributed by atoms with E-state index in [1.807, 2.05) is 30.8 Å². The second-order valence-corrected chi connectivity index (χ2v) is 4.25. The summed E-state index contributed by atoms with van der Waals surface area (Å²) in [4.78, 5) is 11.5. The van der Waals surface area contributed by atoms with E-state index in [0.717, 1.165) is 11.3 Å². The molecule has 1 rings (SSSR count). The van der Waals surface area contributed by atoms with Gasteiger partial charge in [-0.2, -0.15) is 5.10 Å². The molecule has 0 bridgehead atoms. The fourth-order valence-electron chi connectivity index (χ4n) is 1.31. The zero-order chi connectivity index (χ0) is 11.4. The average molecular weight is 206 g/mol. The van der Waals surface area contributed by atoms with Crippen molar-refractivity contribution >= 4 is 5.78 Å². The monoisotopic (exact) mass is 206 g/mol. The van der Waals surface area contributed by atoms with Crippen LogP contribution in [0.2, 0.25) is 0 Å². The molecule has 0 atom stereocenters. The summed E-state index contributed by atoms with van der Waals surface area (Å²) < 4.78 is 1.87. The summed E-state index contributed by atoms with van der Waals surface area (Å²) in [5.74, 6) is 0.115. The Bertz CT molecular complexity index is 371. The smallest absolute Gasteiger partial charge is 0.161 e. The quantitative estimate of drug-likeness (QED) is 0.709. The topological polar surface area (TPSA) is 34.9 Å². The first-order chi connectivity index (χ1) is 6.99. The fraction of sp³-hybridized carbons (Fsp3) is 0.500. The maximum absolute atomic E-state index is 11.5. The van der Waals surface area contributed by atoms with Gasteiger partial charge in [-0.15, -0.1) is 0 Å². The number of aromatic nitrogens is 2. The van der Waals surface area contributed by atoms with Gasteiger partial charge in [0.05, 0.1) is 12.1 Å². The first-order valence-corrected chi connectivity index (χ1v) is 5.21. The summed E-state index contributed by atoms with van der Waals surface area (Å²) in [6.07, 6.45) is 3.97. The molecule has 0 aliphatic heterocycles. The van der Waals surface area contributed by atoms with Gasteiger partial charge in [-0.05, 0) is 39.8 Å². The summed E-state index contributed by atoms with van der Waals surface area (Å²) >= 11 is 0. The van der Waals surface area contributed by atoms with Crippen molar-refractivity contribution in [2.24, 2.45) is 0 Å². The van der Waals surface area contributed by atoms with Gasteiger partial charge in [-0.3, -0.25) is 9.48 Å². The highest BCUT2D eigenvalue weighted by atomic mass is 16.1. The summed E-state index contributed by atoms with van der Waals surface area (Å²) in [6.45, 7) is 7.97. The molecular weight excluding hydrogens is 188 g/mol. The molecule has 3 nitrogen and oxygen atoms in total. The number of carbonyl (C=O) groups excluding carboxylic acids is 1. The number of hydrogen-bond acceptors (Lipinski definition) is 2. The van der Waals surface area contributed by atoms with Gasteiger partial charge in [0.25, 0.3) is 0 Å². The third kappa shape index (κ3) is 3.70. The van der Waals surface area contributed by atoms with Crippen LogP contribution in [0.3, 0.4) is 0 Å². The van der Waals surface area contributed by atoms with E-state index in [2.05, 4.69) is 18.9 Å². The van der Waals surface area contributed by atoms with Gasteiger partial charge in [-0.1, -0.05) is 5.57 Å². The molecule has 0 N–H and O–H groups in total. The van der Waals surface area contributed by atoms with E-state index in [1.165, 1.54) is 0 Å². The molecule has 1 aromatic rings. The van der Waals surface area contributed by atoms with Crippen molar-refractivity contribution in [2.75, 3.05) is 0 Å². The third-order valence-electron chi connectivity index (χ3n) is 2.00. The zero-order valence-electron chi connectivity index (χ0n) is 9.82. The molecule has 1 heterocycles. The molecule has 0 radical (unpaired) electrons. The van der Waals surface area contributed by atoms with Crippen molar-refractivity contribution in [3.05, 3.63) is 29.6 Å². The molecular formula is C12H18N2O. The molecule has 0 aromatic carbocycles. The van der Waals surface area contributed by atoms with E-state index in [-0.39, 0.29) is 5.78 Å². The number of carbonyl (C=O) groups is 1. The van der Waals surface area contributed by atoms with Crippen LogP contribution in [0.15, 0.2) is 23.9 Å². The normalized spacial score (nSPS) is 10.5. The van der Waals surface area contributed by atoms with Gasteiger partial charge in [0.1, 0.15) is 0 Å². The van der Waals surface area contributed by atoms with Crippen molar-refractivity contribution < 1.29 is 4.79 Å². The maximum atomic E-state index is 11.5. The lowest BCUT2D eigenvalue weighted by atomic mass is 10.2. The lowest BCUT2D eigenvalue weighted by Crippen LogP contribution is -2.04. The number of allylic oxidation sites excluding steroid dienone is 2. The minimum absolute atomic E-state index is 0.115. The Labute approximate surface area is 90.8 Å². The average Bonchev–Trinajstić information content (AvgIpc) is 2.50. The highest BCUT2D eigenvalue weighted by Crippen LogP contribution is 2.05. The summed E-state index contributed by atoms with van der Waals surface area (Å²) in [7, 11) is 0. The lowest BCUT2D eigenvalue weighted by Gasteiger charge is -2.03. The Morgan fingerprint density at radius 3 is 2.67 bits per heavy atom. The Morgan fingerprint density at radius 1 is 1.53 bits per heavy atom. The fourth-order valence-corrected chi connectivity index (χ4v) is 1.31. The van der Waals surface area contributed by atoms with Gasteiger partial charge < -0.3 is 0 Å². The molecule has 0 saturated carbocycles. The summed E-state index contributed by atoms with van der Waals surface area (Å²) in [5, 5.41) is 4.32. The van der Waals surface area contributed by atoms with Crippen LogP contribution >= 0.6 is 0 Å². The molecule has 15 heavy (non-hydrogen) atoms. The predicted molar refractivity (Wildman–Crippen MR) is 60.8 cm³/mol. The Kier molecular flexibility index (Phi) is 3.83. The molecule has 82 valence electrons. The van der Waals surface area contributed by atoms with Crippen LogP contribution < -0.4 is 0 Å². The number of nitrogens with zero attached hydrogens (tertiary/aromatic N) is 2. The van der Waals surface area contributed by atoms with Crippen LogP contribution in [0.25, 0.3) is 0 Å². The van der Waals surface area contributed by atoms with Crippen molar-refractivity contribution in [3.63, 3.8) is 0 Å². The van der Waals surface area contributed by atoms with Crippen molar-refractivity contribution in [3.8, 4) is 0 Å². The maximum Gasteiger partial charge on any atom is 0.161 e. The van der Waals surface area contributed by atoms with Crippen LogP contribution in [0.4, 0.5) is 0 Å². The van der Waals surface area contributed by atoms with Crippen molar-refractivity contribution in [2.45, 2.75) is 40.2 Å². The number of hydrogen-bond donors (Lipinski definition) is 0. The van der Waals surface area contributed by atoms with Gasteiger partial charge >= 0.3 is 0 Å². The largest absolute Gasteiger partial charge is 0.294 e. The summed E-state index contributed by atoms with van der Waals surface area (Å²) in [5.41, 5.74) is 1.87. The van der Waals surface area contributed by atoms with Gasteiger partial charge in [0, 0.05) is 12.2 Å². The van der Waals surface area contributed by atoms with Crippen LogP contribution in [0.1, 0.15) is 39.4 Å². The van der Waals surface area contributed by atoms with Crippen molar-refractivity contribution in [1.82, 2.24) is 9.78 Å². The molecule has 0 unspecified atom stereocenters. The van der Waals surface area contributed by atoms with Crippen LogP contribution in [0.5, 0.6) is 0 Å². The van der Waals surface area contributed by atoms with Crippen molar-refractivity contribution in [1.29, 1.82) is 0 Å². The van der Waals surface area contributed by atoms with E-state index in [0.29, 0.717) is 12.5 Å². The minimum Gasteiger partial charge on any atom is -0.294 e. The highest BCUT2D eigenvalue weighted by molar-refractivity contribution is 5.91. The van der Waals surface area contributed by atoms with Crippen LogP contribution in [-0.2, 0) is 11.2 Å². The Hall–Kier alpha value is -1.38. The molecule has 0 spiro atoms.